The number of esters is 1. The second kappa shape index (κ2) is 13.3. The highest BCUT2D eigenvalue weighted by Crippen LogP contribution is 2.41. The molecule has 0 spiro atoms. The van der Waals surface area contributed by atoms with Gasteiger partial charge in [0.25, 0.3) is 5.56 Å². The summed E-state index contributed by atoms with van der Waals surface area (Å²) >= 11 is 1.28. The average molecular weight is 601 g/mol. The Hall–Kier alpha value is -4.37. The van der Waals surface area contributed by atoms with E-state index in [0.717, 1.165) is 34.9 Å². The lowest BCUT2D eigenvalue weighted by Gasteiger charge is -2.26. The van der Waals surface area contributed by atoms with E-state index in [0.29, 0.717) is 45.3 Å². The van der Waals surface area contributed by atoms with E-state index in [9.17, 15) is 9.59 Å². The fourth-order valence-corrected chi connectivity index (χ4v) is 6.35. The van der Waals surface area contributed by atoms with E-state index in [1.807, 2.05) is 61.5 Å². The maximum absolute atomic E-state index is 14.2. The van der Waals surface area contributed by atoms with E-state index in [-0.39, 0.29) is 17.7 Å². The van der Waals surface area contributed by atoms with Gasteiger partial charge < -0.3 is 18.9 Å². The third-order valence-electron chi connectivity index (χ3n) is 7.29. The van der Waals surface area contributed by atoms with Gasteiger partial charge in [0, 0.05) is 10.9 Å². The van der Waals surface area contributed by atoms with Crippen LogP contribution in [0.15, 0.2) is 75.7 Å². The van der Waals surface area contributed by atoms with Crippen molar-refractivity contribution in [2.75, 3.05) is 26.9 Å². The Morgan fingerprint density at radius 2 is 1.77 bits per heavy atom. The van der Waals surface area contributed by atoms with Crippen molar-refractivity contribution >= 4 is 34.2 Å². The predicted molar refractivity (Wildman–Crippen MR) is 169 cm³/mol. The molecule has 3 aromatic carbocycles. The van der Waals surface area contributed by atoms with Gasteiger partial charge in [-0.05, 0) is 56.4 Å². The van der Waals surface area contributed by atoms with Crippen molar-refractivity contribution < 1.29 is 23.7 Å². The first-order chi connectivity index (χ1) is 20.9. The number of methoxy groups -OCH3 is 1. The van der Waals surface area contributed by atoms with Crippen LogP contribution in [0.1, 0.15) is 57.7 Å². The summed E-state index contributed by atoms with van der Waals surface area (Å²) in [5.41, 5.74) is 2.01. The molecule has 5 rings (SSSR count). The van der Waals surface area contributed by atoms with Gasteiger partial charge in [-0.2, -0.15) is 0 Å². The van der Waals surface area contributed by atoms with Crippen molar-refractivity contribution in [3.05, 3.63) is 96.7 Å². The Morgan fingerprint density at radius 3 is 2.49 bits per heavy atom. The number of fused-ring (bicyclic) bond motifs is 2. The maximum Gasteiger partial charge on any atom is 0.338 e. The monoisotopic (exact) mass is 600 g/mol. The van der Waals surface area contributed by atoms with Gasteiger partial charge in [0.15, 0.2) is 16.3 Å². The van der Waals surface area contributed by atoms with Crippen molar-refractivity contribution in [3.8, 4) is 17.2 Å². The number of rotatable bonds is 11. The number of carbonyl (C=O) groups excluding carboxylic acids is 1. The van der Waals surface area contributed by atoms with Crippen LogP contribution in [0.25, 0.3) is 16.8 Å². The molecule has 1 aromatic heterocycles. The zero-order chi connectivity index (χ0) is 30.5. The summed E-state index contributed by atoms with van der Waals surface area (Å²) in [5.74, 6) is 1.26. The van der Waals surface area contributed by atoms with E-state index in [4.69, 9.17) is 23.9 Å². The Kier molecular flexibility index (Phi) is 9.31. The molecule has 0 saturated heterocycles. The van der Waals surface area contributed by atoms with Crippen molar-refractivity contribution in [2.45, 2.75) is 46.6 Å². The molecule has 0 radical (unpaired) electrons. The van der Waals surface area contributed by atoms with Gasteiger partial charge in [0.1, 0.15) is 11.8 Å². The number of nitrogens with zero attached hydrogens (tertiary/aromatic N) is 2. The van der Waals surface area contributed by atoms with Crippen LogP contribution >= 0.6 is 11.3 Å². The maximum atomic E-state index is 14.2. The highest BCUT2D eigenvalue weighted by molar-refractivity contribution is 7.07. The molecule has 224 valence electrons. The van der Waals surface area contributed by atoms with Gasteiger partial charge in [0.2, 0.25) is 0 Å². The highest BCUT2D eigenvalue weighted by Gasteiger charge is 2.36. The molecule has 0 amide bonds. The Balaban J connectivity index is 1.72. The van der Waals surface area contributed by atoms with Crippen molar-refractivity contribution in [2.24, 2.45) is 4.99 Å². The van der Waals surface area contributed by atoms with Crippen LogP contribution in [0, 0.1) is 0 Å². The van der Waals surface area contributed by atoms with Gasteiger partial charge in [-0.25, -0.2) is 9.79 Å². The molecule has 1 aliphatic heterocycles. The van der Waals surface area contributed by atoms with Crippen LogP contribution in [0.2, 0.25) is 0 Å². The number of thiazole rings is 1. The second-order valence-corrected chi connectivity index (χ2v) is 11.0. The number of allylic oxidation sites excluding steroid dienone is 1. The van der Waals surface area contributed by atoms with Gasteiger partial charge in [-0.3, -0.25) is 9.36 Å². The highest BCUT2D eigenvalue weighted by atomic mass is 32.1. The quantitative estimate of drug-likeness (QED) is 0.166. The first-order valence-corrected chi connectivity index (χ1v) is 15.4. The lowest BCUT2D eigenvalue weighted by Crippen LogP contribution is -2.40. The molecule has 2 heterocycles. The number of ether oxygens (including phenoxy) is 4. The number of unbranched alkanes of at least 4 members (excludes halogenated alkanes) is 1. The fourth-order valence-electron chi connectivity index (χ4n) is 5.31. The summed E-state index contributed by atoms with van der Waals surface area (Å²) in [6.07, 6.45) is 3.91. The first kappa shape index (κ1) is 30.1. The number of hydrogen-bond acceptors (Lipinski definition) is 8. The minimum Gasteiger partial charge on any atom is -0.493 e. The molecule has 1 aliphatic rings. The van der Waals surface area contributed by atoms with E-state index < -0.39 is 12.0 Å². The Bertz CT molecular complexity index is 1870. The minimum atomic E-state index is -0.819. The third kappa shape index (κ3) is 5.82. The topological polar surface area (TPSA) is 88.3 Å². The minimum absolute atomic E-state index is 0.189. The lowest BCUT2D eigenvalue weighted by molar-refractivity contribution is -0.139. The van der Waals surface area contributed by atoms with E-state index >= 15 is 0 Å². The molecule has 9 heteroatoms. The summed E-state index contributed by atoms with van der Waals surface area (Å²) in [7, 11) is 1.56. The van der Waals surface area contributed by atoms with Gasteiger partial charge in [-0.15, -0.1) is 0 Å². The molecular weight excluding hydrogens is 564 g/mol. The molecule has 0 aliphatic carbocycles. The van der Waals surface area contributed by atoms with Crippen LogP contribution in [0.4, 0.5) is 0 Å². The first-order valence-electron chi connectivity index (χ1n) is 14.6. The van der Waals surface area contributed by atoms with Crippen LogP contribution in [0.5, 0.6) is 17.2 Å². The molecule has 0 fully saturated rings. The van der Waals surface area contributed by atoms with E-state index in [1.54, 1.807) is 31.6 Å². The Morgan fingerprint density at radius 1 is 0.977 bits per heavy atom. The number of aromatic nitrogens is 1. The van der Waals surface area contributed by atoms with Crippen LogP contribution in [0.3, 0.4) is 0 Å². The Labute approximate surface area is 254 Å². The van der Waals surface area contributed by atoms with E-state index in [2.05, 4.69) is 6.92 Å². The molecule has 0 bridgehead atoms. The molecule has 0 N–H and O–H groups in total. The summed E-state index contributed by atoms with van der Waals surface area (Å²) in [5, 5.41) is 1.96. The zero-order valence-electron chi connectivity index (χ0n) is 25.1. The molecule has 0 unspecified atom stereocenters. The largest absolute Gasteiger partial charge is 0.493 e. The van der Waals surface area contributed by atoms with Crippen molar-refractivity contribution in [1.29, 1.82) is 0 Å². The molecular formula is C34H36N2O6S. The zero-order valence-corrected chi connectivity index (χ0v) is 26.0. The summed E-state index contributed by atoms with van der Waals surface area (Å²) in [6, 6.07) is 16.6. The average Bonchev–Trinajstić information content (AvgIpc) is 3.31. The number of benzene rings is 3. The number of hydrogen-bond donors (Lipinski definition) is 0. The fraction of sp³-hybridized carbons (Fsp3) is 0.324. The number of para-hydroxylation sites is 1. The molecule has 8 nitrogen and oxygen atoms in total. The van der Waals surface area contributed by atoms with Crippen molar-refractivity contribution in [3.63, 3.8) is 0 Å². The van der Waals surface area contributed by atoms with Crippen LogP contribution in [-0.2, 0) is 9.53 Å². The molecule has 1 atom stereocenters. The van der Waals surface area contributed by atoms with Gasteiger partial charge in [0.05, 0.1) is 42.7 Å². The number of carbonyl (C=O) groups is 1. The standard InChI is InChI=1S/C34H36N2O6S/c1-6-9-19-42-26-18-17-22(23-13-10-11-14-24(23)26)20-28-32(37)36-30(25-15-12-16-27(39-5)31(25)40-7-2)29(33(38)41-8-3)21(4)35-34(36)43-28/h10-18,20,30H,6-9,19H2,1-5H3/b28-20+/t30-/m1/s1. The normalized spacial score (nSPS) is 14.8. The molecule has 4 aromatic rings. The van der Waals surface area contributed by atoms with Crippen LogP contribution < -0.4 is 29.1 Å². The summed E-state index contributed by atoms with van der Waals surface area (Å²) in [4.78, 5) is 32.8. The molecule has 0 saturated carbocycles. The molecule has 43 heavy (non-hydrogen) atoms. The smallest absolute Gasteiger partial charge is 0.338 e. The summed E-state index contributed by atoms with van der Waals surface area (Å²) < 4.78 is 25.2. The third-order valence-corrected chi connectivity index (χ3v) is 8.27. The second-order valence-electron chi connectivity index (χ2n) is 10.0. The lowest BCUT2D eigenvalue weighted by atomic mass is 9.94. The van der Waals surface area contributed by atoms with Gasteiger partial charge >= 0.3 is 5.97 Å². The van der Waals surface area contributed by atoms with Gasteiger partial charge in [-0.1, -0.05) is 67.1 Å². The van der Waals surface area contributed by atoms with Crippen molar-refractivity contribution in [1.82, 2.24) is 4.57 Å². The van der Waals surface area contributed by atoms with E-state index in [1.165, 1.54) is 11.3 Å². The predicted octanol–water partition coefficient (Wildman–Crippen LogP) is 5.54. The SMILES string of the molecule is CCCCOc1ccc(/C=c2/sc3n(c2=O)[C@H](c2cccc(OC)c2OCC)C(C(=O)OCC)=C(C)N=3)c2ccccc12. The summed E-state index contributed by atoms with van der Waals surface area (Å²) in [6.45, 7) is 8.73. The van der Waals surface area contributed by atoms with Crippen LogP contribution in [-0.4, -0.2) is 37.5 Å².